The highest BCUT2D eigenvalue weighted by Gasteiger charge is 2.20. The molecule has 0 aliphatic carbocycles. The Morgan fingerprint density at radius 2 is 1.78 bits per heavy atom. The van der Waals surface area contributed by atoms with E-state index < -0.39 is 30.0 Å². The van der Waals surface area contributed by atoms with E-state index in [0.29, 0.717) is 0 Å². The fraction of sp³-hybridized carbons (Fsp3) is 0.333. The van der Waals surface area contributed by atoms with E-state index in [2.05, 4.69) is 20.1 Å². The van der Waals surface area contributed by atoms with E-state index in [0.717, 1.165) is 11.6 Å². The maximum Gasteiger partial charge on any atom is 0.407 e. The average Bonchev–Trinajstić information content (AvgIpc) is 2.69. The van der Waals surface area contributed by atoms with Crippen molar-refractivity contribution in [1.29, 1.82) is 0 Å². The summed E-state index contributed by atoms with van der Waals surface area (Å²) < 4.78 is 14.0. The average molecular weight is 378 g/mol. The fourth-order valence-corrected chi connectivity index (χ4v) is 1.90. The Bertz CT molecular complexity index is 674. The van der Waals surface area contributed by atoms with Crippen molar-refractivity contribution in [2.75, 3.05) is 20.8 Å². The van der Waals surface area contributed by atoms with Gasteiger partial charge >= 0.3 is 18.0 Å². The summed E-state index contributed by atoms with van der Waals surface area (Å²) in [6.07, 6.45) is 1.75. The molecule has 0 radical (unpaired) electrons. The molecule has 0 saturated heterocycles. The summed E-state index contributed by atoms with van der Waals surface area (Å²) >= 11 is 0. The highest BCUT2D eigenvalue weighted by atomic mass is 16.5. The second kappa shape index (κ2) is 12.1. The van der Waals surface area contributed by atoms with E-state index >= 15 is 0 Å². The van der Waals surface area contributed by atoms with E-state index in [4.69, 9.17) is 4.74 Å². The van der Waals surface area contributed by atoms with Crippen LogP contribution in [0.2, 0.25) is 0 Å². The van der Waals surface area contributed by atoms with Crippen molar-refractivity contribution < 1.29 is 33.4 Å². The van der Waals surface area contributed by atoms with Gasteiger partial charge in [-0.1, -0.05) is 36.4 Å². The van der Waals surface area contributed by atoms with Crippen LogP contribution in [-0.4, -0.2) is 50.7 Å². The third-order valence-electron chi connectivity index (χ3n) is 3.25. The summed E-state index contributed by atoms with van der Waals surface area (Å²) in [5.41, 5.74) is 0.806. The van der Waals surface area contributed by atoms with E-state index in [-0.39, 0.29) is 19.6 Å². The minimum atomic E-state index is -1.01. The summed E-state index contributed by atoms with van der Waals surface area (Å²) in [6, 6.07) is 8.04. The highest BCUT2D eigenvalue weighted by molar-refractivity contribution is 5.87. The Morgan fingerprint density at radius 1 is 1.07 bits per heavy atom. The van der Waals surface area contributed by atoms with Crippen LogP contribution >= 0.6 is 0 Å². The maximum atomic E-state index is 11.9. The first-order valence-electron chi connectivity index (χ1n) is 8.02. The minimum Gasteiger partial charge on any atom is -0.467 e. The van der Waals surface area contributed by atoms with Gasteiger partial charge in [-0.3, -0.25) is 4.79 Å². The topological polar surface area (TPSA) is 120 Å². The Balaban J connectivity index is 2.41. The molecule has 9 nitrogen and oxygen atoms in total. The number of methoxy groups -OCH3 is 2. The van der Waals surface area contributed by atoms with Crippen molar-refractivity contribution in [3.8, 4) is 0 Å². The second-order valence-corrected chi connectivity index (χ2v) is 5.22. The largest absolute Gasteiger partial charge is 0.467 e. The first-order chi connectivity index (χ1) is 13.0. The van der Waals surface area contributed by atoms with Crippen LogP contribution < -0.4 is 10.6 Å². The zero-order chi connectivity index (χ0) is 20.1. The third kappa shape index (κ3) is 9.05. The van der Waals surface area contributed by atoms with Crippen LogP contribution in [0.5, 0.6) is 0 Å². The van der Waals surface area contributed by atoms with Crippen LogP contribution in [0.4, 0.5) is 4.79 Å². The molecule has 27 heavy (non-hydrogen) atoms. The zero-order valence-corrected chi connectivity index (χ0v) is 15.1. The molecule has 1 atom stereocenters. The van der Waals surface area contributed by atoms with Gasteiger partial charge in [0.25, 0.3) is 0 Å². The smallest absolute Gasteiger partial charge is 0.407 e. The Kier molecular flexibility index (Phi) is 9.69. The normalized spacial score (nSPS) is 11.3. The number of benzene rings is 1. The van der Waals surface area contributed by atoms with Crippen LogP contribution in [0.1, 0.15) is 12.0 Å². The summed E-state index contributed by atoms with van der Waals surface area (Å²) in [4.78, 5) is 46.2. The summed E-state index contributed by atoms with van der Waals surface area (Å²) in [6.45, 7) is -0.320. The number of esters is 2. The van der Waals surface area contributed by atoms with Crippen molar-refractivity contribution in [3.63, 3.8) is 0 Å². The Morgan fingerprint density at radius 3 is 2.41 bits per heavy atom. The number of hydrogen-bond donors (Lipinski definition) is 2. The van der Waals surface area contributed by atoms with Crippen molar-refractivity contribution in [2.24, 2.45) is 0 Å². The summed E-state index contributed by atoms with van der Waals surface area (Å²) in [5, 5.41) is 4.68. The molecule has 0 fully saturated rings. The molecule has 0 saturated carbocycles. The van der Waals surface area contributed by atoms with Crippen molar-refractivity contribution >= 4 is 23.9 Å². The molecule has 0 aromatic heterocycles. The Labute approximate surface area is 156 Å². The van der Waals surface area contributed by atoms with E-state index in [1.165, 1.54) is 20.3 Å². The van der Waals surface area contributed by atoms with E-state index in [1.807, 2.05) is 18.2 Å². The van der Waals surface area contributed by atoms with Gasteiger partial charge in [0.15, 0.2) is 0 Å². The quantitative estimate of drug-likeness (QED) is 0.368. The number of carbonyl (C=O) groups excluding carboxylic acids is 4. The molecule has 0 aliphatic rings. The maximum absolute atomic E-state index is 11.9. The molecule has 0 heterocycles. The molecule has 0 bridgehead atoms. The number of hydrogen-bond acceptors (Lipinski definition) is 7. The molecule has 146 valence electrons. The molecule has 0 spiro atoms. The molecule has 2 amide bonds. The Hall–Kier alpha value is -3.36. The van der Waals surface area contributed by atoms with Gasteiger partial charge in [0, 0.05) is 6.08 Å². The highest BCUT2D eigenvalue weighted by Crippen LogP contribution is 2.00. The predicted octanol–water partition coefficient (Wildman–Crippen LogP) is 0.690. The SMILES string of the molecule is COC(=O)/C=C/C[C@@H](NC(=O)CNC(=O)OCc1ccccc1)C(=O)OC. The summed E-state index contributed by atoms with van der Waals surface area (Å²) in [5.74, 6) is -1.90. The number of nitrogens with one attached hydrogen (secondary N) is 2. The lowest BCUT2D eigenvalue weighted by Crippen LogP contribution is -2.45. The first kappa shape index (κ1) is 21.7. The van der Waals surface area contributed by atoms with Crippen LogP contribution in [0.3, 0.4) is 0 Å². The van der Waals surface area contributed by atoms with E-state index in [9.17, 15) is 19.2 Å². The molecule has 1 aromatic rings. The number of carbonyl (C=O) groups is 4. The molecule has 2 N–H and O–H groups in total. The molecule has 9 heteroatoms. The molecule has 1 aromatic carbocycles. The standard InChI is InChI=1S/C18H22N2O7/c1-25-16(22)10-6-9-14(17(23)26-2)20-15(21)11-19-18(24)27-12-13-7-4-3-5-8-13/h3-8,10,14H,9,11-12H2,1-2H3,(H,19,24)(H,20,21)/b10-6+/t14-/m1/s1. The lowest BCUT2D eigenvalue weighted by molar-refractivity contribution is -0.144. The number of ether oxygens (including phenoxy) is 3. The molecular formula is C18H22N2O7. The molecular weight excluding hydrogens is 356 g/mol. The first-order valence-corrected chi connectivity index (χ1v) is 8.02. The fourth-order valence-electron chi connectivity index (χ4n) is 1.90. The van der Waals surface area contributed by atoms with Gasteiger partial charge in [0.2, 0.25) is 5.91 Å². The van der Waals surface area contributed by atoms with Gasteiger partial charge in [0.1, 0.15) is 19.2 Å². The van der Waals surface area contributed by atoms with Crippen molar-refractivity contribution in [3.05, 3.63) is 48.0 Å². The van der Waals surface area contributed by atoms with Crippen molar-refractivity contribution in [1.82, 2.24) is 10.6 Å². The number of alkyl carbamates (subject to hydrolysis) is 1. The van der Waals surface area contributed by atoms with Gasteiger partial charge in [-0.2, -0.15) is 0 Å². The molecule has 1 rings (SSSR count). The van der Waals surface area contributed by atoms with Gasteiger partial charge in [-0.15, -0.1) is 0 Å². The predicted molar refractivity (Wildman–Crippen MR) is 94.3 cm³/mol. The lowest BCUT2D eigenvalue weighted by Gasteiger charge is -2.15. The van der Waals surface area contributed by atoms with Crippen molar-refractivity contribution in [2.45, 2.75) is 19.1 Å². The summed E-state index contributed by atoms with van der Waals surface area (Å²) in [7, 11) is 2.39. The molecule has 0 aliphatic heterocycles. The minimum absolute atomic E-state index is 0.0198. The number of rotatable bonds is 9. The van der Waals surface area contributed by atoms with Crippen LogP contribution in [0.25, 0.3) is 0 Å². The van der Waals surface area contributed by atoms with Crippen LogP contribution in [0, 0.1) is 0 Å². The van der Waals surface area contributed by atoms with Crippen LogP contribution in [0.15, 0.2) is 42.5 Å². The van der Waals surface area contributed by atoms with Gasteiger partial charge in [0.05, 0.1) is 14.2 Å². The monoisotopic (exact) mass is 378 g/mol. The van der Waals surface area contributed by atoms with Gasteiger partial charge in [-0.25, -0.2) is 14.4 Å². The second-order valence-electron chi connectivity index (χ2n) is 5.22. The lowest BCUT2D eigenvalue weighted by atomic mass is 10.2. The van der Waals surface area contributed by atoms with Crippen LogP contribution in [-0.2, 0) is 35.2 Å². The van der Waals surface area contributed by atoms with E-state index in [1.54, 1.807) is 12.1 Å². The molecule has 0 unspecified atom stereocenters. The van der Waals surface area contributed by atoms with Gasteiger partial charge < -0.3 is 24.8 Å². The number of amides is 2. The third-order valence-corrected chi connectivity index (χ3v) is 3.25. The van der Waals surface area contributed by atoms with Gasteiger partial charge in [-0.05, 0) is 12.0 Å². The zero-order valence-electron chi connectivity index (χ0n) is 15.1.